The molecule has 0 aliphatic carbocycles. The van der Waals surface area contributed by atoms with Crippen LogP contribution in [0.25, 0.3) is 0 Å². The second kappa shape index (κ2) is 23.5. The van der Waals surface area contributed by atoms with E-state index in [1.165, 1.54) is 0 Å². The third kappa shape index (κ3) is 15.1. The van der Waals surface area contributed by atoms with Crippen molar-refractivity contribution in [3.63, 3.8) is 0 Å². The Labute approximate surface area is 292 Å². The molecule has 0 amide bonds. The number of benzene rings is 2. The molecule has 2 rings (SSSR count). The molecule has 2 unspecified atom stereocenters. The minimum atomic E-state index is -2.57. The summed E-state index contributed by atoms with van der Waals surface area (Å²) in [5.74, 6) is -0.694. The summed E-state index contributed by atoms with van der Waals surface area (Å²) in [6.07, 6.45) is 2.88. The lowest BCUT2D eigenvalue weighted by atomic mass is 10.3. The van der Waals surface area contributed by atoms with Gasteiger partial charge in [0.2, 0.25) is 0 Å². The maximum atomic E-state index is 11.7. The maximum absolute atomic E-state index is 11.7. The molecule has 0 aromatic heterocycles. The van der Waals surface area contributed by atoms with Gasteiger partial charge in [-0.25, -0.2) is 9.59 Å². The Bertz CT molecular complexity index is 1210. The molecule has 0 bridgehead atoms. The fourth-order valence-corrected chi connectivity index (χ4v) is 11.8. The average molecular weight is 701 g/mol. The van der Waals surface area contributed by atoms with Gasteiger partial charge in [0.05, 0.1) is 12.2 Å². The predicted molar refractivity (Wildman–Crippen MR) is 199 cm³/mol. The molecule has 0 aliphatic heterocycles. The summed E-state index contributed by atoms with van der Waals surface area (Å²) >= 11 is 0. The number of esters is 2. The molecule has 2 aromatic rings. The summed E-state index contributed by atoms with van der Waals surface area (Å²) in [4.78, 5) is 23.3. The van der Waals surface area contributed by atoms with Crippen LogP contribution in [-0.4, -0.2) is 67.7 Å². The molecule has 0 saturated heterocycles. The van der Waals surface area contributed by atoms with E-state index in [1.54, 1.807) is 13.8 Å². The molecule has 0 fully saturated rings. The van der Waals surface area contributed by atoms with E-state index in [4.69, 9.17) is 27.2 Å². The molecular formula is C38H60O8Si2. The largest absolute Gasteiger partial charge is 0.459 e. The number of hydrogen-bond donors (Lipinski definition) is 0. The van der Waals surface area contributed by atoms with Gasteiger partial charge in [-0.05, 0) is 89.7 Å². The molecule has 2 atom stereocenters. The van der Waals surface area contributed by atoms with Crippen LogP contribution in [0.3, 0.4) is 0 Å². The van der Waals surface area contributed by atoms with Gasteiger partial charge in [0.1, 0.15) is 0 Å². The molecule has 0 N–H and O–H groups in total. The number of carbonyl (C=O) groups is 2. The van der Waals surface area contributed by atoms with Gasteiger partial charge in [-0.15, -0.1) is 0 Å². The molecule has 0 heterocycles. The third-order valence-corrected chi connectivity index (χ3v) is 14.5. The average Bonchev–Trinajstić information content (AvgIpc) is 3.08. The number of hydrogen-bond acceptors (Lipinski definition) is 8. The first kappa shape index (κ1) is 43.2. The summed E-state index contributed by atoms with van der Waals surface area (Å²) < 4.78 is 35.7. The van der Waals surface area contributed by atoms with E-state index >= 15 is 0 Å². The van der Waals surface area contributed by atoms with E-state index in [2.05, 4.69) is 51.3 Å². The van der Waals surface area contributed by atoms with Crippen molar-refractivity contribution in [1.29, 1.82) is 0 Å². The molecule has 0 radical (unpaired) electrons. The van der Waals surface area contributed by atoms with Crippen LogP contribution < -0.4 is 10.4 Å². The lowest BCUT2D eigenvalue weighted by Gasteiger charge is -2.32. The Morgan fingerprint density at radius 3 is 1.23 bits per heavy atom. The third-order valence-electron chi connectivity index (χ3n) is 7.33. The van der Waals surface area contributed by atoms with Crippen LogP contribution in [-0.2, 0) is 36.8 Å². The van der Waals surface area contributed by atoms with Crippen molar-refractivity contribution in [2.45, 2.75) is 105 Å². The van der Waals surface area contributed by atoms with Gasteiger partial charge in [-0.2, -0.15) is 0 Å². The zero-order valence-electron chi connectivity index (χ0n) is 30.7. The van der Waals surface area contributed by atoms with E-state index in [0.717, 1.165) is 35.3 Å². The van der Waals surface area contributed by atoms with Crippen molar-refractivity contribution in [2.24, 2.45) is 0 Å². The monoisotopic (exact) mass is 700 g/mol. The van der Waals surface area contributed by atoms with Crippen molar-refractivity contribution in [3.05, 3.63) is 85.0 Å². The van der Waals surface area contributed by atoms with Gasteiger partial charge < -0.3 is 27.2 Å². The number of rotatable bonds is 22. The topological polar surface area (TPSA) is 89.5 Å². The van der Waals surface area contributed by atoms with Crippen LogP contribution in [0.15, 0.2) is 85.0 Å². The summed E-state index contributed by atoms with van der Waals surface area (Å²) in [5, 5.41) is 2.25. The van der Waals surface area contributed by atoms with Gasteiger partial charge >= 0.3 is 29.1 Å². The highest BCUT2D eigenvalue weighted by Crippen LogP contribution is 2.21. The number of carbonyl (C=O) groups excluding carboxylic acids is 2. The van der Waals surface area contributed by atoms with Crippen LogP contribution in [0.5, 0.6) is 0 Å². The van der Waals surface area contributed by atoms with Crippen LogP contribution in [0.1, 0.15) is 81.1 Å². The van der Waals surface area contributed by atoms with E-state index < -0.39 is 17.1 Å². The van der Waals surface area contributed by atoms with E-state index in [-0.39, 0.29) is 24.1 Å². The molecule has 48 heavy (non-hydrogen) atoms. The van der Waals surface area contributed by atoms with E-state index in [9.17, 15) is 9.59 Å². The second-order valence-corrected chi connectivity index (χ2v) is 18.2. The molecule has 268 valence electrons. The predicted octanol–water partition coefficient (Wildman–Crippen LogP) is 7.39. The smallest absolute Gasteiger partial charge is 0.372 e. The van der Waals surface area contributed by atoms with Gasteiger partial charge in [0.15, 0.2) is 0 Å². The Morgan fingerprint density at radius 1 is 0.604 bits per heavy atom. The van der Waals surface area contributed by atoms with E-state index in [0.29, 0.717) is 50.4 Å². The zero-order chi connectivity index (χ0) is 36.0. The summed E-state index contributed by atoms with van der Waals surface area (Å²) in [6.45, 7) is 25.0. The summed E-state index contributed by atoms with van der Waals surface area (Å²) in [5.41, 5.74) is 0.834. The van der Waals surface area contributed by atoms with Crippen LogP contribution in [0, 0.1) is 0 Å². The van der Waals surface area contributed by atoms with Gasteiger partial charge in [-0.3, -0.25) is 0 Å². The molecule has 8 nitrogen and oxygen atoms in total. The SMILES string of the molecule is C=C(C)C(=O)OC(C)CC[Si](OCC)(OCC)c1ccccc1.C=C(C)C(=O)OC(C)CC[Si](OCCC)(OCCC)c1ccccc1. The lowest BCUT2D eigenvalue weighted by Crippen LogP contribution is -2.54. The molecule has 0 spiro atoms. The van der Waals surface area contributed by atoms with Crippen LogP contribution in [0.2, 0.25) is 12.1 Å². The van der Waals surface area contributed by atoms with Crippen molar-refractivity contribution in [2.75, 3.05) is 26.4 Å². The highest BCUT2D eigenvalue weighted by Gasteiger charge is 2.41. The zero-order valence-corrected chi connectivity index (χ0v) is 32.7. The maximum Gasteiger partial charge on any atom is 0.372 e. The minimum Gasteiger partial charge on any atom is -0.459 e. The first-order valence-corrected chi connectivity index (χ1v) is 21.3. The summed E-state index contributed by atoms with van der Waals surface area (Å²) in [6, 6.07) is 21.8. The van der Waals surface area contributed by atoms with Gasteiger partial charge in [-0.1, -0.05) is 87.7 Å². The first-order chi connectivity index (χ1) is 22.9. The Hall–Kier alpha value is -2.87. The van der Waals surface area contributed by atoms with Crippen LogP contribution in [0.4, 0.5) is 0 Å². The Kier molecular flexibility index (Phi) is 21.1. The molecule has 2 aromatic carbocycles. The fourth-order valence-electron chi connectivity index (χ4n) is 4.85. The van der Waals surface area contributed by atoms with E-state index in [1.807, 2.05) is 64.1 Å². The Balaban J connectivity index is 0.000000482. The van der Waals surface area contributed by atoms with Crippen LogP contribution >= 0.6 is 0 Å². The van der Waals surface area contributed by atoms with Crippen molar-refractivity contribution < 1.29 is 36.8 Å². The fraction of sp³-hybridized carbons (Fsp3) is 0.526. The highest BCUT2D eigenvalue weighted by atomic mass is 28.4. The van der Waals surface area contributed by atoms with Gasteiger partial charge in [0.25, 0.3) is 0 Å². The standard InChI is InChI=1S/C20H32O4Si.C18H28O4Si/c1-6-14-22-25(23-15-7-2,19-11-9-8-10-12-19)16-13-18(5)24-20(21)17(3)4;1-6-20-23(21-7-2,17-11-9-8-10-12-17)14-13-16(5)22-18(19)15(3)4/h8-12,18H,3,6-7,13-16H2,1-2,4-5H3;8-12,16H,3,6-7,13-14H2,1-2,4-5H3. The van der Waals surface area contributed by atoms with Crippen molar-refractivity contribution in [1.82, 2.24) is 0 Å². The van der Waals surface area contributed by atoms with Crippen molar-refractivity contribution in [3.8, 4) is 0 Å². The molecule has 0 aliphatic rings. The second-order valence-electron chi connectivity index (χ2n) is 11.9. The van der Waals surface area contributed by atoms with Crippen molar-refractivity contribution >= 4 is 39.4 Å². The van der Waals surface area contributed by atoms with Gasteiger partial charge in [0, 0.05) is 37.6 Å². The molecule has 0 saturated carbocycles. The quantitative estimate of drug-likeness (QED) is 0.0714. The Morgan fingerprint density at radius 2 is 0.938 bits per heavy atom. The summed E-state index contributed by atoms with van der Waals surface area (Å²) in [7, 11) is -5.09. The highest BCUT2D eigenvalue weighted by molar-refractivity contribution is 6.81. The lowest BCUT2D eigenvalue weighted by molar-refractivity contribution is -0.144. The normalized spacial score (nSPS) is 12.7. The number of ether oxygens (including phenoxy) is 2. The molecule has 10 heteroatoms. The first-order valence-electron chi connectivity index (χ1n) is 17.3. The molecular weight excluding hydrogens is 641 g/mol. The minimum absolute atomic E-state index is 0.198.